The topological polar surface area (TPSA) is 113 Å². The van der Waals surface area contributed by atoms with Crippen molar-refractivity contribution in [2.45, 2.75) is 0 Å². The molecule has 2 aromatic heterocycles. The van der Waals surface area contributed by atoms with Crippen LogP contribution in [0.1, 0.15) is 5.56 Å². The minimum Gasteiger partial charge on any atom is -0.496 e. The van der Waals surface area contributed by atoms with Crippen molar-refractivity contribution in [1.29, 1.82) is 5.26 Å². The summed E-state index contributed by atoms with van der Waals surface area (Å²) in [5, 5.41) is 9.65. The number of ether oxygens (including phenoxy) is 4. The van der Waals surface area contributed by atoms with Gasteiger partial charge >= 0.3 is 0 Å². The Balaban J connectivity index is 1.91. The van der Waals surface area contributed by atoms with Crippen LogP contribution in [0.3, 0.4) is 0 Å². The van der Waals surface area contributed by atoms with Crippen LogP contribution in [0.2, 0.25) is 0 Å². The second kappa shape index (κ2) is 6.96. The Morgan fingerprint density at radius 2 is 1.86 bits per heavy atom. The quantitative estimate of drug-likeness (QED) is 0.739. The predicted octanol–water partition coefficient (Wildman–Crippen LogP) is 3.01. The number of pyridine rings is 2. The van der Waals surface area contributed by atoms with E-state index in [1.54, 1.807) is 44.7 Å². The molecule has 0 radical (unpaired) electrons. The third kappa shape index (κ3) is 2.89. The van der Waals surface area contributed by atoms with Crippen LogP contribution in [0.15, 0.2) is 36.5 Å². The van der Waals surface area contributed by atoms with Crippen molar-refractivity contribution in [2.75, 3.05) is 26.7 Å². The maximum Gasteiger partial charge on any atom is 0.231 e. The van der Waals surface area contributed by atoms with Gasteiger partial charge in [-0.2, -0.15) is 5.26 Å². The Hall–Kier alpha value is -3.99. The lowest BCUT2D eigenvalue weighted by atomic mass is 9.97. The number of fused-ring (bicyclic) bond motifs is 1. The average Bonchev–Trinajstić information content (AvgIpc) is 3.19. The van der Waals surface area contributed by atoms with E-state index < -0.39 is 0 Å². The molecule has 0 fully saturated rings. The lowest BCUT2D eigenvalue weighted by Crippen LogP contribution is -2.01. The highest BCUT2D eigenvalue weighted by Gasteiger charge is 2.22. The molecule has 0 amide bonds. The minimum atomic E-state index is 0.116. The Morgan fingerprint density at radius 3 is 2.50 bits per heavy atom. The molecule has 4 rings (SSSR count). The van der Waals surface area contributed by atoms with Crippen LogP contribution in [-0.2, 0) is 0 Å². The summed E-state index contributed by atoms with van der Waals surface area (Å²) < 4.78 is 21.5. The van der Waals surface area contributed by atoms with Crippen LogP contribution in [0.4, 0.5) is 5.82 Å². The fourth-order valence-electron chi connectivity index (χ4n) is 3.00. The highest BCUT2D eigenvalue weighted by Crippen LogP contribution is 2.44. The van der Waals surface area contributed by atoms with Gasteiger partial charge in [-0.25, -0.2) is 9.97 Å². The monoisotopic (exact) mass is 376 g/mol. The zero-order chi connectivity index (χ0) is 19.7. The zero-order valence-electron chi connectivity index (χ0n) is 15.2. The minimum absolute atomic E-state index is 0.116. The van der Waals surface area contributed by atoms with E-state index in [9.17, 15) is 5.26 Å². The number of aromatic nitrogens is 2. The van der Waals surface area contributed by atoms with Gasteiger partial charge in [-0.3, -0.25) is 0 Å². The van der Waals surface area contributed by atoms with Crippen molar-refractivity contribution >= 4 is 5.82 Å². The summed E-state index contributed by atoms with van der Waals surface area (Å²) in [4.78, 5) is 8.56. The van der Waals surface area contributed by atoms with Gasteiger partial charge in [0.15, 0.2) is 11.5 Å². The Kier molecular flexibility index (Phi) is 4.33. The fourth-order valence-corrected chi connectivity index (χ4v) is 3.00. The molecule has 0 spiro atoms. The number of rotatable bonds is 4. The van der Waals surface area contributed by atoms with Gasteiger partial charge in [0.05, 0.1) is 19.9 Å². The lowest BCUT2D eigenvalue weighted by molar-refractivity contribution is 0.174. The van der Waals surface area contributed by atoms with Gasteiger partial charge in [-0.15, -0.1) is 0 Å². The van der Waals surface area contributed by atoms with Crippen molar-refractivity contribution in [3.05, 3.63) is 42.1 Å². The van der Waals surface area contributed by atoms with Gasteiger partial charge in [-0.05, 0) is 18.2 Å². The standard InChI is InChI=1S/C20H16N4O4/c1-25-16-7-18-17(27-10-28-18)6-13(16)12-5-15(24-20(22)14(12)8-21)11-3-4-19(26-2)23-9-11/h3-7,9H,10H2,1-2H3,(H2,22,24). The molecule has 3 heterocycles. The van der Waals surface area contributed by atoms with E-state index in [0.717, 1.165) is 5.56 Å². The van der Waals surface area contributed by atoms with Crippen LogP contribution in [0.5, 0.6) is 23.1 Å². The van der Waals surface area contributed by atoms with E-state index in [0.29, 0.717) is 39.9 Å². The Morgan fingerprint density at radius 1 is 1.07 bits per heavy atom. The van der Waals surface area contributed by atoms with Gasteiger partial charge in [0.2, 0.25) is 12.7 Å². The predicted molar refractivity (Wildman–Crippen MR) is 101 cm³/mol. The molecule has 8 heteroatoms. The first-order valence-electron chi connectivity index (χ1n) is 8.33. The second-order valence-corrected chi connectivity index (χ2v) is 5.92. The summed E-state index contributed by atoms with van der Waals surface area (Å²) >= 11 is 0. The van der Waals surface area contributed by atoms with Crippen molar-refractivity contribution in [3.8, 4) is 51.6 Å². The SMILES string of the molecule is COc1ccc(-c2cc(-c3cc4c(cc3OC)OCO4)c(C#N)c(N)n2)cn1. The van der Waals surface area contributed by atoms with E-state index in [4.69, 9.17) is 24.7 Å². The van der Waals surface area contributed by atoms with Crippen LogP contribution < -0.4 is 24.7 Å². The molecule has 0 bridgehead atoms. The first-order chi connectivity index (χ1) is 13.6. The molecule has 0 saturated carbocycles. The molecule has 0 aliphatic carbocycles. The molecule has 3 aromatic rings. The summed E-state index contributed by atoms with van der Waals surface area (Å²) in [5.41, 5.74) is 8.88. The summed E-state index contributed by atoms with van der Waals surface area (Å²) in [5.74, 6) is 2.29. The molecule has 2 N–H and O–H groups in total. The van der Waals surface area contributed by atoms with Gasteiger partial charge in [0.1, 0.15) is 23.2 Å². The molecule has 1 aliphatic heterocycles. The molecule has 28 heavy (non-hydrogen) atoms. The molecule has 8 nitrogen and oxygen atoms in total. The summed E-state index contributed by atoms with van der Waals surface area (Å²) in [6.07, 6.45) is 1.63. The van der Waals surface area contributed by atoms with E-state index in [1.165, 1.54) is 0 Å². The second-order valence-electron chi connectivity index (χ2n) is 5.92. The van der Waals surface area contributed by atoms with Crippen LogP contribution in [0, 0.1) is 11.3 Å². The normalized spacial score (nSPS) is 11.8. The number of hydrogen-bond acceptors (Lipinski definition) is 8. The molecule has 1 aliphatic rings. The maximum absolute atomic E-state index is 9.65. The molecule has 1 aromatic carbocycles. The number of nitrogens with two attached hydrogens (primary N) is 1. The highest BCUT2D eigenvalue weighted by atomic mass is 16.7. The van der Waals surface area contributed by atoms with Gasteiger partial charge in [0.25, 0.3) is 0 Å². The number of anilines is 1. The third-order valence-electron chi connectivity index (χ3n) is 4.39. The van der Waals surface area contributed by atoms with Crippen molar-refractivity contribution in [2.24, 2.45) is 0 Å². The number of nitrogens with zero attached hydrogens (tertiary/aromatic N) is 3. The number of nitrogen functional groups attached to an aromatic ring is 1. The number of benzene rings is 1. The van der Waals surface area contributed by atoms with Gasteiger partial charge in [0, 0.05) is 35.0 Å². The lowest BCUT2D eigenvalue weighted by Gasteiger charge is -2.14. The highest BCUT2D eigenvalue weighted by molar-refractivity contribution is 5.84. The Labute approximate surface area is 161 Å². The largest absolute Gasteiger partial charge is 0.496 e. The van der Waals surface area contributed by atoms with Crippen molar-refractivity contribution < 1.29 is 18.9 Å². The summed E-state index contributed by atoms with van der Waals surface area (Å²) in [6.45, 7) is 0.133. The van der Waals surface area contributed by atoms with E-state index in [2.05, 4.69) is 16.0 Å². The molecule has 140 valence electrons. The average molecular weight is 376 g/mol. The van der Waals surface area contributed by atoms with Gasteiger partial charge in [-0.1, -0.05) is 0 Å². The van der Waals surface area contributed by atoms with E-state index in [1.807, 2.05) is 6.07 Å². The van der Waals surface area contributed by atoms with Crippen molar-refractivity contribution in [3.63, 3.8) is 0 Å². The maximum atomic E-state index is 9.65. The zero-order valence-corrected chi connectivity index (χ0v) is 15.2. The first kappa shape index (κ1) is 17.4. The molecule has 0 atom stereocenters. The van der Waals surface area contributed by atoms with Crippen LogP contribution in [-0.4, -0.2) is 31.0 Å². The number of hydrogen-bond donors (Lipinski definition) is 1. The fraction of sp³-hybridized carbons (Fsp3) is 0.150. The number of nitriles is 1. The van der Waals surface area contributed by atoms with Gasteiger partial charge < -0.3 is 24.7 Å². The first-order valence-corrected chi connectivity index (χ1v) is 8.33. The van der Waals surface area contributed by atoms with Crippen LogP contribution in [0.25, 0.3) is 22.4 Å². The Bertz CT molecular complexity index is 1090. The smallest absolute Gasteiger partial charge is 0.231 e. The molecular formula is C20H16N4O4. The van der Waals surface area contributed by atoms with Crippen LogP contribution >= 0.6 is 0 Å². The molecule has 0 unspecified atom stereocenters. The third-order valence-corrected chi connectivity index (χ3v) is 4.39. The van der Waals surface area contributed by atoms with E-state index in [-0.39, 0.29) is 18.2 Å². The van der Waals surface area contributed by atoms with Crippen molar-refractivity contribution in [1.82, 2.24) is 9.97 Å². The molecular weight excluding hydrogens is 360 g/mol. The molecule has 0 saturated heterocycles. The number of methoxy groups -OCH3 is 2. The van der Waals surface area contributed by atoms with E-state index >= 15 is 0 Å². The summed E-state index contributed by atoms with van der Waals surface area (Å²) in [7, 11) is 3.09. The summed E-state index contributed by atoms with van der Waals surface area (Å²) in [6, 6.07) is 10.9.